The third-order valence-electron chi connectivity index (χ3n) is 4.15. The molecule has 0 saturated heterocycles. The van der Waals surface area contributed by atoms with Gasteiger partial charge in [0.2, 0.25) is 0 Å². The molecule has 2 heterocycles. The number of para-hydroxylation sites is 1. The Bertz CT molecular complexity index is 862. The number of anilines is 2. The highest BCUT2D eigenvalue weighted by atomic mass is 35.5. The number of carbonyl (C=O) groups excluding carboxylic acids is 2. The summed E-state index contributed by atoms with van der Waals surface area (Å²) in [4.78, 5) is 23.5. The van der Waals surface area contributed by atoms with Crippen LogP contribution in [0.3, 0.4) is 0 Å². The zero-order valence-electron chi connectivity index (χ0n) is 13.7. The summed E-state index contributed by atoms with van der Waals surface area (Å²) in [7, 11) is 0. The van der Waals surface area contributed by atoms with E-state index in [-0.39, 0.29) is 18.6 Å². The summed E-state index contributed by atoms with van der Waals surface area (Å²) in [5.41, 5.74) is 2.01. The third-order valence-corrected chi connectivity index (χ3v) is 4.47. The van der Waals surface area contributed by atoms with Gasteiger partial charge in [0.15, 0.2) is 6.61 Å². The Morgan fingerprint density at radius 1 is 1.27 bits per heavy atom. The molecule has 0 aromatic heterocycles. The van der Waals surface area contributed by atoms with Crippen molar-refractivity contribution in [2.45, 2.75) is 12.5 Å². The molecule has 4 rings (SSSR count). The summed E-state index contributed by atoms with van der Waals surface area (Å²) in [6.45, 7) is 0.301. The molecule has 3 amide bonds. The molecule has 0 fully saturated rings. The SMILES string of the molecule is O=C1COc2cc(NC(=O)NC[C@@H]3Cc4ccccc4O3)c(Cl)cc2N1. The monoisotopic (exact) mass is 373 g/mol. The number of amides is 3. The molecule has 0 unspecified atom stereocenters. The van der Waals surface area contributed by atoms with Gasteiger partial charge in [0.05, 0.1) is 22.9 Å². The number of urea groups is 1. The van der Waals surface area contributed by atoms with Crippen molar-refractivity contribution < 1.29 is 19.1 Å². The topological polar surface area (TPSA) is 88.7 Å². The van der Waals surface area contributed by atoms with E-state index in [1.165, 1.54) is 0 Å². The maximum absolute atomic E-state index is 12.2. The highest BCUT2D eigenvalue weighted by Crippen LogP contribution is 2.36. The van der Waals surface area contributed by atoms with Crippen molar-refractivity contribution in [3.05, 3.63) is 47.0 Å². The molecular formula is C18H16ClN3O4. The van der Waals surface area contributed by atoms with Crippen molar-refractivity contribution in [1.82, 2.24) is 5.32 Å². The molecule has 7 nitrogen and oxygen atoms in total. The fourth-order valence-corrected chi connectivity index (χ4v) is 3.15. The average molecular weight is 374 g/mol. The van der Waals surface area contributed by atoms with Crippen LogP contribution in [0.15, 0.2) is 36.4 Å². The maximum atomic E-state index is 12.2. The molecule has 0 saturated carbocycles. The Labute approximate surface area is 154 Å². The van der Waals surface area contributed by atoms with Crippen molar-refractivity contribution in [1.29, 1.82) is 0 Å². The third kappa shape index (κ3) is 3.39. The predicted octanol–water partition coefficient (Wildman–Crippen LogP) is 2.80. The number of rotatable bonds is 3. The lowest BCUT2D eigenvalue weighted by Gasteiger charge is -2.20. The predicted molar refractivity (Wildman–Crippen MR) is 97.2 cm³/mol. The van der Waals surface area contributed by atoms with Crippen LogP contribution in [0.5, 0.6) is 11.5 Å². The quantitative estimate of drug-likeness (QED) is 0.771. The van der Waals surface area contributed by atoms with Gasteiger partial charge < -0.3 is 25.4 Å². The van der Waals surface area contributed by atoms with Crippen LogP contribution < -0.4 is 25.4 Å². The number of fused-ring (bicyclic) bond motifs is 2. The summed E-state index contributed by atoms with van der Waals surface area (Å²) in [5.74, 6) is 1.07. The lowest BCUT2D eigenvalue weighted by Crippen LogP contribution is -2.37. The first-order chi connectivity index (χ1) is 12.6. The molecule has 0 aliphatic carbocycles. The van der Waals surface area contributed by atoms with Crippen LogP contribution in [0.2, 0.25) is 5.02 Å². The van der Waals surface area contributed by atoms with Crippen LogP contribution in [0.25, 0.3) is 0 Å². The minimum atomic E-state index is -0.397. The molecule has 8 heteroatoms. The first-order valence-corrected chi connectivity index (χ1v) is 8.52. The minimum absolute atomic E-state index is 0.0696. The van der Waals surface area contributed by atoms with E-state index in [4.69, 9.17) is 21.1 Å². The van der Waals surface area contributed by atoms with Gasteiger partial charge in [0, 0.05) is 12.5 Å². The van der Waals surface area contributed by atoms with Gasteiger partial charge in [0.1, 0.15) is 17.6 Å². The minimum Gasteiger partial charge on any atom is -0.488 e. The Morgan fingerprint density at radius 3 is 2.96 bits per heavy atom. The van der Waals surface area contributed by atoms with Crippen LogP contribution in [0.1, 0.15) is 5.56 Å². The van der Waals surface area contributed by atoms with Crippen LogP contribution in [-0.4, -0.2) is 31.2 Å². The summed E-state index contributed by atoms with van der Waals surface area (Å²) >= 11 is 6.17. The number of hydrogen-bond acceptors (Lipinski definition) is 4. The van der Waals surface area contributed by atoms with Gasteiger partial charge >= 0.3 is 6.03 Å². The van der Waals surface area contributed by atoms with Gasteiger partial charge in [-0.05, 0) is 17.7 Å². The van der Waals surface area contributed by atoms with Gasteiger partial charge in [-0.15, -0.1) is 0 Å². The highest BCUT2D eigenvalue weighted by molar-refractivity contribution is 6.34. The first-order valence-electron chi connectivity index (χ1n) is 8.14. The van der Waals surface area contributed by atoms with E-state index in [9.17, 15) is 9.59 Å². The Morgan fingerprint density at radius 2 is 2.12 bits per heavy atom. The number of halogens is 1. The van der Waals surface area contributed by atoms with Crippen LogP contribution in [0, 0.1) is 0 Å². The van der Waals surface area contributed by atoms with Crippen molar-refractivity contribution in [3.8, 4) is 11.5 Å². The van der Waals surface area contributed by atoms with E-state index >= 15 is 0 Å². The first kappa shape index (κ1) is 16.5. The molecular weight excluding hydrogens is 358 g/mol. The van der Waals surface area contributed by atoms with Gasteiger partial charge in [-0.1, -0.05) is 29.8 Å². The lowest BCUT2D eigenvalue weighted by molar-refractivity contribution is -0.118. The number of carbonyl (C=O) groups is 2. The van der Waals surface area contributed by atoms with Gasteiger partial charge in [0.25, 0.3) is 5.91 Å². The van der Waals surface area contributed by atoms with E-state index in [1.54, 1.807) is 12.1 Å². The van der Waals surface area contributed by atoms with E-state index in [2.05, 4.69) is 16.0 Å². The second-order valence-corrected chi connectivity index (χ2v) is 6.46. The molecule has 2 aromatic rings. The fourth-order valence-electron chi connectivity index (χ4n) is 2.94. The number of ether oxygens (including phenoxy) is 2. The smallest absolute Gasteiger partial charge is 0.319 e. The summed E-state index contributed by atoms with van der Waals surface area (Å²) in [5, 5.41) is 8.42. The Balaban J connectivity index is 1.35. The largest absolute Gasteiger partial charge is 0.488 e. The van der Waals surface area contributed by atoms with Gasteiger partial charge in [-0.25, -0.2) is 4.79 Å². The maximum Gasteiger partial charge on any atom is 0.319 e. The molecule has 0 spiro atoms. The number of benzene rings is 2. The molecule has 26 heavy (non-hydrogen) atoms. The Kier molecular flexibility index (Phi) is 4.30. The van der Waals surface area contributed by atoms with Crippen molar-refractivity contribution in [2.24, 2.45) is 0 Å². The number of nitrogens with one attached hydrogen (secondary N) is 3. The van der Waals surface area contributed by atoms with Crippen molar-refractivity contribution >= 4 is 34.9 Å². The fraction of sp³-hybridized carbons (Fsp3) is 0.222. The Hall–Kier alpha value is -2.93. The molecule has 0 radical (unpaired) electrons. The molecule has 0 bridgehead atoms. The van der Waals surface area contributed by atoms with Crippen molar-refractivity contribution in [3.63, 3.8) is 0 Å². The molecule has 134 valence electrons. The van der Waals surface area contributed by atoms with Crippen molar-refractivity contribution in [2.75, 3.05) is 23.8 Å². The lowest BCUT2D eigenvalue weighted by atomic mass is 10.1. The second kappa shape index (κ2) is 6.76. The number of hydrogen-bond donors (Lipinski definition) is 3. The molecule has 2 aromatic carbocycles. The van der Waals surface area contributed by atoms with Gasteiger partial charge in [-0.2, -0.15) is 0 Å². The summed E-state index contributed by atoms with van der Waals surface area (Å²) in [6, 6.07) is 10.5. The van der Waals surface area contributed by atoms with Crippen LogP contribution in [-0.2, 0) is 11.2 Å². The summed E-state index contributed by atoms with van der Waals surface area (Å²) < 4.78 is 11.1. The molecule has 1 atom stereocenters. The zero-order valence-corrected chi connectivity index (χ0v) is 14.4. The standard InChI is InChI=1S/C18H16ClN3O4/c19-12-6-14-16(25-9-17(23)21-14)7-13(12)22-18(24)20-8-11-5-10-3-1-2-4-15(10)26-11/h1-4,6-7,11H,5,8-9H2,(H,21,23)(H2,20,22,24)/t11-/m0/s1. The zero-order chi connectivity index (χ0) is 18.1. The molecule has 2 aliphatic rings. The normalized spacial score (nSPS) is 17.3. The van der Waals surface area contributed by atoms with E-state index in [0.29, 0.717) is 28.7 Å². The molecule has 3 N–H and O–H groups in total. The van der Waals surface area contributed by atoms with Crippen LogP contribution in [0.4, 0.5) is 16.2 Å². The second-order valence-electron chi connectivity index (χ2n) is 6.05. The van der Waals surface area contributed by atoms with Gasteiger partial charge in [-0.3, -0.25) is 4.79 Å². The average Bonchev–Trinajstić information content (AvgIpc) is 3.04. The van der Waals surface area contributed by atoms with Crippen LogP contribution >= 0.6 is 11.6 Å². The molecule has 2 aliphatic heterocycles. The summed E-state index contributed by atoms with van der Waals surface area (Å²) in [6.07, 6.45) is 0.652. The highest BCUT2D eigenvalue weighted by Gasteiger charge is 2.23. The van der Waals surface area contributed by atoms with E-state index < -0.39 is 6.03 Å². The van der Waals surface area contributed by atoms with E-state index in [0.717, 1.165) is 17.7 Å². The van der Waals surface area contributed by atoms with E-state index in [1.807, 2.05) is 24.3 Å².